The number of rotatable bonds is 7. The third kappa shape index (κ3) is 5.81. The van der Waals surface area contributed by atoms with Gasteiger partial charge in [0.2, 0.25) is 10.0 Å². The van der Waals surface area contributed by atoms with Crippen LogP contribution in [0.25, 0.3) is 0 Å². The maximum atomic E-state index is 11.8. The van der Waals surface area contributed by atoms with Gasteiger partial charge in [0.15, 0.2) is 0 Å². The van der Waals surface area contributed by atoms with E-state index >= 15 is 0 Å². The zero-order chi connectivity index (χ0) is 12.7. The van der Waals surface area contributed by atoms with E-state index in [-0.39, 0.29) is 17.8 Å². The maximum absolute atomic E-state index is 11.8. The number of sulfonamides is 1. The Labute approximate surface area is 104 Å². The summed E-state index contributed by atoms with van der Waals surface area (Å²) >= 11 is 0. The van der Waals surface area contributed by atoms with Gasteiger partial charge in [0.25, 0.3) is 0 Å². The number of hydrogen-bond donors (Lipinski definition) is 2. The van der Waals surface area contributed by atoms with Crippen LogP contribution >= 0.6 is 0 Å². The summed E-state index contributed by atoms with van der Waals surface area (Å²) in [6.45, 7) is 3.40. The van der Waals surface area contributed by atoms with Gasteiger partial charge in [0, 0.05) is 25.8 Å². The first-order chi connectivity index (χ1) is 8.05. The number of hydrogen-bond acceptors (Lipinski definition) is 4. The van der Waals surface area contributed by atoms with E-state index in [4.69, 9.17) is 4.74 Å². The number of methoxy groups -OCH3 is 1. The van der Waals surface area contributed by atoms with Crippen molar-refractivity contribution in [1.82, 2.24) is 10.0 Å². The van der Waals surface area contributed by atoms with E-state index in [9.17, 15) is 8.42 Å². The fraction of sp³-hybridized carbons (Fsp3) is 1.00. The van der Waals surface area contributed by atoms with Gasteiger partial charge >= 0.3 is 0 Å². The first-order valence-electron chi connectivity index (χ1n) is 6.27. The minimum absolute atomic E-state index is 0.0390. The third-order valence-electron chi connectivity index (χ3n) is 3.08. The third-order valence-corrected chi connectivity index (χ3v) is 4.64. The quantitative estimate of drug-likeness (QED) is 0.656. The Bertz CT molecular complexity index is 300. The summed E-state index contributed by atoms with van der Waals surface area (Å²) in [4.78, 5) is 0. The Morgan fingerprint density at radius 1 is 1.47 bits per heavy atom. The molecule has 0 bridgehead atoms. The van der Waals surface area contributed by atoms with Gasteiger partial charge in [0.05, 0.1) is 5.75 Å². The zero-order valence-corrected chi connectivity index (χ0v) is 11.6. The molecule has 0 radical (unpaired) electrons. The molecule has 0 amide bonds. The van der Waals surface area contributed by atoms with Crippen LogP contribution in [0.5, 0.6) is 0 Å². The first kappa shape index (κ1) is 14.9. The molecule has 0 aromatic rings. The number of piperidine rings is 1. The monoisotopic (exact) mass is 264 g/mol. The SMILES string of the molecule is COCCCS(=O)(=O)NC(C)C1CCCCN1. The zero-order valence-electron chi connectivity index (χ0n) is 10.7. The highest BCUT2D eigenvalue weighted by Crippen LogP contribution is 2.11. The van der Waals surface area contributed by atoms with E-state index in [1.165, 1.54) is 12.8 Å². The van der Waals surface area contributed by atoms with E-state index < -0.39 is 10.0 Å². The molecule has 0 spiro atoms. The maximum Gasteiger partial charge on any atom is 0.211 e. The van der Waals surface area contributed by atoms with Crippen LogP contribution in [0.1, 0.15) is 32.6 Å². The lowest BCUT2D eigenvalue weighted by molar-refractivity contribution is 0.199. The normalized spacial score (nSPS) is 23.5. The summed E-state index contributed by atoms with van der Waals surface area (Å²) in [5, 5.41) is 3.36. The van der Waals surface area contributed by atoms with Gasteiger partial charge in [-0.2, -0.15) is 0 Å². The molecule has 6 heteroatoms. The molecule has 5 nitrogen and oxygen atoms in total. The Hall–Kier alpha value is -0.170. The molecule has 102 valence electrons. The van der Waals surface area contributed by atoms with Crippen molar-refractivity contribution in [2.24, 2.45) is 0 Å². The fourth-order valence-corrected chi connectivity index (χ4v) is 3.47. The number of nitrogens with one attached hydrogen (secondary N) is 2. The van der Waals surface area contributed by atoms with Crippen LogP contribution in [-0.4, -0.2) is 46.5 Å². The van der Waals surface area contributed by atoms with Crippen LogP contribution in [-0.2, 0) is 14.8 Å². The average molecular weight is 264 g/mol. The molecule has 2 N–H and O–H groups in total. The van der Waals surface area contributed by atoms with Crippen LogP contribution in [0.15, 0.2) is 0 Å². The highest BCUT2D eigenvalue weighted by atomic mass is 32.2. The molecular weight excluding hydrogens is 240 g/mol. The van der Waals surface area contributed by atoms with Crippen LogP contribution in [0.4, 0.5) is 0 Å². The Morgan fingerprint density at radius 3 is 2.82 bits per heavy atom. The molecule has 1 fully saturated rings. The molecule has 0 aliphatic carbocycles. The van der Waals surface area contributed by atoms with Crippen LogP contribution in [0.3, 0.4) is 0 Å². The lowest BCUT2D eigenvalue weighted by atomic mass is 10.00. The Kier molecular flexibility index (Phi) is 6.40. The van der Waals surface area contributed by atoms with Gasteiger partial charge < -0.3 is 10.1 Å². The molecule has 1 heterocycles. The van der Waals surface area contributed by atoms with Crippen molar-refractivity contribution in [3.05, 3.63) is 0 Å². The second kappa shape index (κ2) is 7.31. The number of ether oxygens (including phenoxy) is 1. The smallest absolute Gasteiger partial charge is 0.211 e. The van der Waals surface area contributed by atoms with E-state index in [1.54, 1.807) is 7.11 Å². The molecule has 1 aliphatic rings. The van der Waals surface area contributed by atoms with Crippen molar-refractivity contribution >= 4 is 10.0 Å². The average Bonchev–Trinajstić information content (AvgIpc) is 2.30. The molecule has 0 aromatic heterocycles. The molecule has 2 atom stereocenters. The van der Waals surface area contributed by atoms with Gasteiger partial charge in [-0.15, -0.1) is 0 Å². The van der Waals surface area contributed by atoms with Crippen molar-refractivity contribution in [2.45, 2.75) is 44.7 Å². The summed E-state index contributed by atoms with van der Waals surface area (Å²) in [7, 11) is -1.59. The van der Waals surface area contributed by atoms with Crippen LogP contribution in [0.2, 0.25) is 0 Å². The first-order valence-corrected chi connectivity index (χ1v) is 7.93. The van der Waals surface area contributed by atoms with Gasteiger partial charge in [-0.3, -0.25) is 0 Å². The molecule has 2 unspecified atom stereocenters. The van der Waals surface area contributed by atoms with Crippen molar-refractivity contribution < 1.29 is 13.2 Å². The highest BCUT2D eigenvalue weighted by Gasteiger charge is 2.23. The minimum atomic E-state index is -3.17. The van der Waals surface area contributed by atoms with Crippen molar-refractivity contribution in [3.8, 4) is 0 Å². The lowest BCUT2D eigenvalue weighted by Gasteiger charge is -2.29. The second-order valence-electron chi connectivity index (χ2n) is 4.63. The van der Waals surface area contributed by atoms with E-state index in [2.05, 4.69) is 10.0 Å². The standard InChI is InChI=1S/C11H24N2O3S/c1-10(11-6-3-4-7-12-11)13-17(14,15)9-5-8-16-2/h10-13H,3-9H2,1-2H3. The van der Waals surface area contributed by atoms with Gasteiger partial charge in [-0.05, 0) is 32.7 Å². The van der Waals surface area contributed by atoms with Crippen molar-refractivity contribution in [3.63, 3.8) is 0 Å². The summed E-state index contributed by atoms with van der Waals surface area (Å²) < 4.78 is 31.1. The summed E-state index contributed by atoms with van der Waals surface area (Å²) in [5.74, 6) is 0.137. The Balaban J connectivity index is 2.34. The van der Waals surface area contributed by atoms with Gasteiger partial charge in [-0.1, -0.05) is 6.42 Å². The summed E-state index contributed by atoms with van der Waals surface area (Å²) in [6, 6.07) is 0.226. The van der Waals surface area contributed by atoms with Crippen molar-refractivity contribution in [1.29, 1.82) is 0 Å². The fourth-order valence-electron chi connectivity index (χ4n) is 2.12. The molecular formula is C11H24N2O3S. The largest absolute Gasteiger partial charge is 0.385 e. The molecule has 0 aromatic carbocycles. The Morgan fingerprint density at radius 2 is 2.24 bits per heavy atom. The topological polar surface area (TPSA) is 67.4 Å². The van der Waals surface area contributed by atoms with E-state index in [0.717, 1.165) is 13.0 Å². The predicted octanol–water partition coefficient (Wildman–Crippen LogP) is 0.473. The minimum Gasteiger partial charge on any atom is -0.385 e. The van der Waals surface area contributed by atoms with Crippen LogP contribution in [0, 0.1) is 0 Å². The molecule has 1 saturated heterocycles. The van der Waals surface area contributed by atoms with Gasteiger partial charge in [-0.25, -0.2) is 13.1 Å². The van der Waals surface area contributed by atoms with Crippen LogP contribution < -0.4 is 10.0 Å². The van der Waals surface area contributed by atoms with E-state index in [0.29, 0.717) is 13.0 Å². The van der Waals surface area contributed by atoms with Crippen molar-refractivity contribution in [2.75, 3.05) is 26.0 Å². The molecule has 17 heavy (non-hydrogen) atoms. The lowest BCUT2D eigenvalue weighted by Crippen LogP contribution is -2.50. The molecule has 1 rings (SSSR count). The highest BCUT2D eigenvalue weighted by molar-refractivity contribution is 7.89. The summed E-state index contributed by atoms with van der Waals surface area (Å²) in [5.41, 5.74) is 0. The molecule has 1 aliphatic heterocycles. The summed E-state index contributed by atoms with van der Waals surface area (Å²) in [6.07, 6.45) is 3.94. The second-order valence-corrected chi connectivity index (χ2v) is 6.50. The van der Waals surface area contributed by atoms with E-state index in [1.807, 2.05) is 6.92 Å². The predicted molar refractivity (Wildman–Crippen MR) is 68.5 cm³/mol. The van der Waals surface area contributed by atoms with Gasteiger partial charge in [0.1, 0.15) is 0 Å². The molecule has 0 saturated carbocycles.